The summed E-state index contributed by atoms with van der Waals surface area (Å²) in [5.74, 6) is 0. The van der Waals surface area contributed by atoms with Crippen molar-refractivity contribution in [2.75, 3.05) is 52.9 Å². The molecule has 0 aromatic rings. The standard InChI is InChI=1S/C12H24N4O/c1-3-11-10-16(12(17)14(11)2)9-8-15-6-4-13-5-7-15/h11,13H,3-10H2,1-2H3. The fourth-order valence-electron chi connectivity index (χ4n) is 2.62. The maximum absolute atomic E-state index is 12.0. The van der Waals surface area contributed by atoms with E-state index in [0.717, 1.165) is 52.2 Å². The molecule has 2 heterocycles. The smallest absolute Gasteiger partial charge is 0.320 e. The minimum atomic E-state index is 0.201. The minimum Gasteiger partial charge on any atom is -0.323 e. The Balaban J connectivity index is 1.77. The van der Waals surface area contributed by atoms with Crippen molar-refractivity contribution in [3.8, 4) is 0 Å². The van der Waals surface area contributed by atoms with Gasteiger partial charge in [-0.3, -0.25) is 4.90 Å². The van der Waals surface area contributed by atoms with E-state index in [4.69, 9.17) is 0 Å². The molecule has 2 rings (SSSR count). The van der Waals surface area contributed by atoms with Crippen molar-refractivity contribution in [2.24, 2.45) is 0 Å². The first-order valence-electron chi connectivity index (χ1n) is 6.67. The molecule has 0 spiro atoms. The summed E-state index contributed by atoms with van der Waals surface area (Å²) in [6.07, 6.45) is 1.05. The van der Waals surface area contributed by atoms with Crippen LogP contribution in [0.3, 0.4) is 0 Å². The first-order chi connectivity index (χ1) is 8.22. The van der Waals surface area contributed by atoms with Crippen molar-refractivity contribution in [1.82, 2.24) is 20.0 Å². The summed E-state index contributed by atoms with van der Waals surface area (Å²) in [5.41, 5.74) is 0. The number of rotatable bonds is 4. The van der Waals surface area contributed by atoms with Crippen molar-refractivity contribution in [2.45, 2.75) is 19.4 Å². The number of amides is 2. The van der Waals surface area contributed by atoms with Gasteiger partial charge in [0.2, 0.25) is 0 Å². The molecule has 1 atom stereocenters. The molecule has 2 amide bonds. The van der Waals surface area contributed by atoms with Gasteiger partial charge in [-0.2, -0.15) is 0 Å². The number of carbonyl (C=O) groups excluding carboxylic acids is 1. The fourth-order valence-corrected chi connectivity index (χ4v) is 2.62. The first-order valence-corrected chi connectivity index (χ1v) is 6.67. The number of hydrogen-bond donors (Lipinski definition) is 1. The highest BCUT2D eigenvalue weighted by atomic mass is 16.2. The summed E-state index contributed by atoms with van der Waals surface area (Å²) in [7, 11) is 1.92. The topological polar surface area (TPSA) is 38.8 Å². The highest BCUT2D eigenvalue weighted by Gasteiger charge is 2.33. The second kappa shape index (κ2) is 5.69. The molecule has 2 aliphatic rings. The van der Waals surface area contributed by atoms with Crippen molar-refractivity contribution < 1.29 is 4.79 Å². The van der Waals surface area contributed by atoms with Gasteiger partial charge in [-0.1, -0.05) is 6.92 Å². The highest BCUT2D eigenvalue weighted by Crippen LogP contribution is 2.15. The van der Waals surface area contributed by atoms with Crippen molar-refractivity contribution in [1.29, 1.82) is 0 Å². The number of piperazine rings is 1. The van der Waals surface area contributed by atoms with E-state index >= 15 is 0 Å². The molecule has 2 aliphatic heterocycles. The predicted octanol–water partition coefficient (Wildman–Crippen LogP) is 0.0376. The van der Waals surface area contributed by atoms with Crippen molar-refractivity contribution >= 4 is 6.03 Å². The van der Waals surface area contributed by atoms with E-state index in [2.05, 4.69) is 17.1 Å². The van der Waals surface area contributed by atoms with Gasteiger partial charge < -0.3 is 15.1 Å². The van der Waals surface area contributed by atoms with Gasteiger partial charge in [-0.05, 0) is 6.42 Å². The van der Waals surface area contributed by atoms with Crippen LogP contribution in [0.4, 0.5) is 4.79 Å². The van der Waals surface area contributed by atoms with E-state index < -0.39 is 0 Å². The predicted molar refractivity (Wildman–Crippen MR) is 68.1 cm³/mol. The van der Waals surface area contributed by atoms with Crippen LogP contribution in [0.15, 0.2) is 0 Å². The van der Waals surface area contributed by atoms with Gasteiger partial charge in [-0.15, -0.1) is 0 Å². The van der Waals surface area contributed by atoms with Gasteiger partial charge in [0, 0.05) is 52.9 Å². The Bertz CT molecular complexity index is 265. The van der Waals surface area contributed by atoms with Gasteiger partial charge in [0.25, 0.3) is 0 Å². The van der Waals surface area contributed by atoms with E-state index in [0.29, 0.717) is 6.04 Å². The van der Waals surface area contributed by atoms with Crippen molar-refractivity contribution in [3.63, 3.8) is 0 Å². The number of likely N-dealkylation sites (N-methyl/N-ethyl adjacent to an activating group) is 1. The van der Waals surface area contributed by atoms with Gasteiger partial charge >= 0.3 is 6.03 Å². The van der Waals surface area contributed by atoms with Crippen LogP contribution >= 0.6 is 0 Å². The second-order valence-corrected chi connectivity index (χ2v) is 4.99. The molecule has 2 saturated heterocycles. The van der Waals surface area contributed by atoms with Gasteiger partial charge in [0.05, 0.1) is 6.04 Å². The van der Waals surface area contributed by atoms with Crippen LogP contribution in [0.25, 0.3) is 0 Å². The molecule has 0 bridgehead atoms. The number of hydrogen-bond acceptors (Lipinski definition) is 3. The molecule has 0 radical (unpaired) electrons. The SMILES string of the molecule is CCC1CN(CCN2CCNCC2)C(=O)N1C. The third kappa shape index (κ3) is 2.90. The molecule has 1 unspecified atom stereocenters. The normalized spacial score (nSPS) is 26.9. The molecular weight excluding hydrogens is 216 g/mol. The molecule has 98 valence electrons. The molecule has 0 saturated carbocycles. The van der Waals surface area contributed by atoms with Crippen LogP contribution in [0.1, 0.15) is 13.3 Å². The summed E-state index contributed by atoms with van der Waals surface area (Å²) in [6, 6.07) is 0.609. The maximum Gasteiger partial charge on any atom is 0.320 e. The lowest BCUT2D eigenvalue weighted by Gasteiger charge is -2.28. The monoisotopic (exact) mass is 240 g/mol. The fraction of sp³-hybridized carbons (Fsp3) is 0.917. The summed E-state index contributed by atoms with van der Waals surface area (Å²) < 4.78 is 0. The molecular formula is C12H24N4O. The average molecular weight is 240 g/mol. The summed E-state index contributed by atoms with van der Waals surface area (Å²) in [4.78, 5) is 18.3. The molecule has 1 N–H and O–H groups in total. The molecule has 17 heavy (non-hydrogen) atoms. The Labute approximate surface area is 104 Å². The maximum atomic E-state index is 12.0. The number of nitrogens with one attached hydrogen (secondary N) is 1. The summed E-state index contributed by atoms with van der Waals surface area (Å²) in [6.45, 7) is 9.30. The molecule has 2 fully saturated rings. The largest absolute Gasteiger partial charge is 0.323 e. The zero-order valence-electron chi connectivity index (χ0n) is 11.0. The van der Waals surface area contributed by atoms with Gasteiger partial charge in [-0.25, -0.2) is 4.79 Å². The molecule has 0 aromatic carbocycles. The summed E-state index contributed by atoms with van der Waals surface area (Å²) in [5, 5.41) is 3.34. The Morgan fingerprint density at radius 2 is 2.00 bits per heavy atom. The summed E-state index contributed by atoms with van der Waals surface area (Å²) >= 11 is 0. The van der Waals surface area contributed by atoms with Gasteiger partial charge in [0.15, 0.2) is 0 Å². The second-order valence-electron chi connectivity index (χ2n) is 4.99. The van der Waals surface area contributed by atoms with E-state index in [1.165, 1.54) is 0 Å². The zero-order chi connectivity index (χ0) is 12.3. The molecule has 0 aliphatic carbocycles. The third-order valence-corrected chi connectivity index (χ3v) is 3.92. The Morgan fingerprint density at radius 3 is 2.59 bits per heavy atom. The lowest BCUT2D eigenvalue weighted by molar-refractivity contribution is 0.181. The highest BCUT2D eigenvalue weighted by molar-refractivity contribution is 5.76. The lowest BCUT2D eigenvalue weighted by atomic mass is 10.2. The third-order valence-electron chi connectivity index (χ3n) is 3.92. The Kier molecular flexibility index (Phi) is 4.23. The van der Waals surface area contributed by atoms with Crippen LogP contribution < -0.4 is 5.32 Å². The van der Waals surface area contributed by atoms with E-state index in [-0.39, 0.29) is 6.03 Å². The Morgan fingerprint density at radius 1 is 1.29 bits per heavy atom. The number of urea groups is 1. The van der Waals surface area contributed by atoms with Crippen molar-refractivity contribution in [3.05, 3.63) is 0 Å². The number of nitrogens with zero attached hydrogens (tertiary/aromatic N) is 3. The van der Waals surface area contributed by atoms with E-state index in [1.54, 1.807) is 0 Å². The first kappa shape index (κ1) is 12.6. The van der Waals surface area contributed by atoms with Gasteiger partial charge in [0.1, 0.15) is 0 Å². The molecule has 5 nitrogen and oxygen atoms in total. The van der Waals surface area contributed by atoms with E-state index in [9.17, 15) is 4.79 Å². The quantitative estimate of drug-likeness (QED) is 0.754. The van der Waals surface area contributed by atoms with Crippen LogP contribution in [0.2, 0.25) is 0 Å². The zero-order valence-corrected chi connectivity index (χ0v) is 11.0. The van der Waals surface area contributed by atoms with Crippen LogP contribution in [0.5, 0.6) is 0 Å². The van der Waals surface area contributed by atoms with Crippen LogP contribution in [0, 0.1) is 0 Å². The number of carbonyl (C=O) groups is 1. The van der Waals surface area contributed by atoms with Crippen LogP contribution in [-0.2, 0) is 0 Å². The van der Waals surface area contributed by atoms with Crippen LogP contribution in [-0.4, -0.2) is 79.6 Å². The lowest BCUT2D eigenvalue weighted by Crippen LogP contribution is -2.46. The Hall–Kier alpha value is -0.810. The minimum absolute atomic E-state index is 0.201. The average Bonchev–Trinajstić information content (AvgIpc) is 2.65. The molecule has 0 aromatic heterocycles. The van der Waals surface area contributed by atoms with E-state index in [1.807, 2.05) is 16.8 Å². The molecule has 5 heteroatoms.